The van der Waals surface area contributed by atoms with Crippen LogP contribution >= 0.6 is 0 Å². The largest absolute Gasteiger partial charge is 0.313 e. The van der Waals surface area contributed by atoms with Crippen molar-refractivity contribution in [2.75, 3.05) is 0 Å². The maximum Gasteiger partial charge on any atom is 0.294 e. The highest BCUT2D eigenvalue weighted by molar-refractivity contribution is 7.86. The van der Waals surface area contributed by atoms with Crippen LogP contribution in [0, 0.1) is 5.92 Å². The zero-order valence-electron chi connectivity index (χ0n) is 15.2. The Morgan fingerprint density at radius 1 is 0.923 bits per heavy atom. The van der Waals surface area contributed by atoms with Gasteiger partial charge in [-0.2, -0.15) is 21.9 Å². The Morgan fingerprint density at radius 2 is 1.31 bits per heavy atom. The van der Waals surface area contributed by atoms with Crippen LogP contribution in [0.2, 0.25) is 0 Å². The lowest BCUT2D eigenvalue weighted by Crippen LogP contribution is -2.59. The summed E-state index contributed by atoms with van der Waals surface area (Å²) in [5, 5.41) is 11.7. The van der Waals surface area contributed by atoms with Crippen molar-refractivity contribution in [2.24, 2.45) is 5.92 Å². The summed E-state index contributed by atoms with van der Waals surface area (Å²) in [4.78, 5) is -1.17. The van der Waals surface area contributed by atoms with Gasteiger partial charge in [-0.3, -0.25) is 9.11 Å². The molecule has 0 aliphatic carbocycles. The summed E-state index contributed by atoms with van der Waals surface area (Å²) >= 11 is 0. The molecule has 1 aliphatic rings. The van der Waals surface area contributed by atoms with E-state index in [0.29, 0.717) is 24.8 Å². The van der Waals surface area contributed by atoms with Crippen LogP contribution in [0.25, 0.3) is 0 Å². The first-order valence-electron chi connectivity index (χ1n) is 8.10. The molecule has 1 heterocycles. The summed E-state index contributed by atoms with van der Waals surface area (Å²) in [6, 6.07) is 3.13. The lowest BCUT2D eigenvalue weighted by atomic mass is 9.73. The average molecular weight is 408 g/mol. The molecule has 0 unspecified atom stereocenters. The van der Waals surface area contributed by atoms with Gasteiger partial charge in [0.25, 0.3) is 20.2 Å². The predicted molar refractivity (Wildman–Crippen MR) is 94.3 cm³/mol. The van der Waals surface area contributed by atoms with E-state index in [1.54, 1.807) is 0 Å². The van der Waals surface area contributed by atoms with Gasteiger partial charge in [0.15, 0.2) is 0 Å². The second kappa shape index (κ2) is 6.54. The summed E-state index contributed by atoms with van der Waals surface area (Å²) < 4.78 is 64.3. The molecule has 3 N–H and O–H groups in total. The molecule has 1 saturated heterocycles. The first kappa shape index (κ1) is 21.3. The molecule has 0 spiro atoms. The zero-order valence-corrected chi connectivity index (χ0v) is 16.8. The van der Waals surface area contributed by atoms with Crippen LogP contribution in [0.1, 0.15) is 46.1 Å². The van der Waals surface area contributed by atoms with Crippen molar-refractivity contribution in [3.63, 3.8) is 0 Å². The minimum Gasteiger partial charge on any atom is -0.313 e. The van der Waals surface area contributed by atoms with Crippen molar-refractivity contribution in [3.8, 4) is 0 Å². The van der Waals surface area contributed by atoms with Gasteiger partial charge in [0.2, 0.25) is 0 Å². The third kappa shape index (κ3) is 4.62. The Labute approximate surface area is 154 Å². The number of nitrogens with zero attached hydrogens (tertiary/aromatic N) is 1. The third-order valence-corrected chi connectivity index (χ3v) is 6.45. The summed E-state index contributed by atoms with van der Waals surface area (Å²) in [5.41, 5.74) is -0.659. The van der Waals surface area contributed by atoms with E-state index in [-0.39, 0.29) is 5.92 Å². The van der Waals surface area contributed by atoms with E-state index in [2.05, 4.69) is 0 Å². The lowest BCUT2D eigenvalue weighted by molar-refractivity contribution is -0.250. The Hall–Kier alpha value is -1.04. The van der Waals surface area contributed by atoms with Crippen LogP contribution in [-0.4, -0.2) is 47.3 Å². The van der Waals surface area contributed by atoms with Crippen molar-refractivity contribution in [3.05, 3.63) is 23.8 Å². The normalized spacial score (nSPS) is 21.7. The Bertz CT molecular complexity index is 836. The molecule has 1 aromatic carbocycles. The van der Waals surface area contributed by atoms with E-state index >= 15 is 0 Å². The molecule has 0 amide bonds. The average Bonchev–Trinajstić information content (AvgIpc) is 2.42. The first-order chi connectivity index (χ1) is 11.5. The van der Waals surface area contributed by atoms with Gasteiger partial charge in [0, 0.05) is 11.1 Å². The standard InChI is InChI=1S/C16H25NO7S2/c1-15(2)9-12(10-16(3,4)17(15)18)5-11-6-13(25(19,20)21)8-14(7-11)26(22,23)24/h6-8,12,18H,5,9-10H2,1-4H3,(H,19,20,21)(H,22,23,24). The topological polar surface area (TPSA) is 132 Å². The van der Waals surface area contributed by atoms with Gasteiger partial charge in [-0.1, -0.05) is 0 Å². The molecule has 1 aromatic rings. The highest BCUT2D eigenvalue weighted by Crippen LogP contribution is 2.41. The smallest absolute Gasteiger partial charge is 0.294 e. The van der Waals surface area contributed by atoms with Crippen molar-refractivity contribution in [2.45, 2.75) is 67.8 Å². The summed E-state index contributed by atoms with van der Waals surface area (Å²) in [6.07, 6.45) is 1.54. The van der Waals surface area contributed by atoms with Crippen molar-refractivity contribution in [1.29, 1.82) is 0 Å². The van der Waals surface area contributed by atoms with E-state index in [4.69, 9.17) is 0 Å². The highest BCUT2D eigenvalue weighted by Gasteiger charge is 2.44. The van der Waals surface area contributed by atoms with E-state index in [0.717, 1.165) is 6.07 Å². The lowest BCUT2D eigenvalue weighted by Gasteiger charge is -2.51. The maximum absolute atomic E-state index is 11.4. The molecule has 2 rings (SSSR count). The Morgan fingerprint density at radius 3 is 1.65 bits per heavy atom. The second-order valence-electron chi connectivity index (χ2n) is 8.18. The molecule has 1 fully saturated rings. The van der Waals surface area contributed by atoms with Gasteiger partial charge in [0.05, 0.1) is 9.79 Å². The molecule has 26 heavy (non-hydrogen) atoms. The molecule has 8 nitrogen and oxygen atoms in total. The monoisotopic (exact) mass is 407 g/mol. The van der Waals surface area contributed by atoms with E-state index < -0.39 is 41.1 Å². The van der Waals surface area contributed by atoms with Crippen LogP contribution in [0.15, 0.2) is 28.0 Å². The molecular weight excluding hydrogens is 382 g/mol. The van der Waals surface area contributed by atoms with E-state index in [1.807, 2.05) is 27.7 Å². The van der Waals surface area contributed by atoms with Gasteiger partial charge >= 0.3 is 0 Å². The van der Waals surface area contributed by atoms with E-state index in [1.165, 1.54) is 17.2 Å². The number of benzene rings is 1. The highest BCUT2D eigenvalue weighted by atomic mass is 32.2. The third-order valence-electron chi connectivity index (χ3n) is 4.78. The Balaban J connectivity index is 2.43. The van der Waals surface area contributed by atoms with Gasteiger partial charge in [-0.25, -0.2) is 0 Å². The molecule has 10 heteroatoms. The fourth-order valence-electron chi connectivity index (χ4n) is 4.00. The molecule has 0 saturated carbocycles. The second-order valence-corrected chi connectivity index (χ2v) is 11.0. The maximum atomic E-state index is 11.4. The summed E-state index contributed by atoms with van der Waals surface area (Å²) in [5.74, 6) is 0.0364. The van der Waals surface area contributed by atoms with Crippen LogP contribution in [0.3, 0.4) is 0 Å². The molecule has 0 atom stereocenters. The van der Waals surface area contributed by atoms with Gasteiger partial charge in [-0.15, -0.1) is 0 Å². The van der Waals surface area contributed by atoms with Crippen LogP contribution < -0.4 is 0 Å². The quantitative estimate of drug-likeness (QED) is 0.648. The Kier molecular flexibility index (Phi) is 5.35. The minimum absolute atomic E-state index is 0.0364. The fraction of sp³-hybridized carbons (Fsp3) is 0.625. The molecule has 0 aromatic heterocycles. The van der Waals surface area contributed by atoms with Gasteiger partial charge in [-0.05, 0) is 76.6 Å². The number of piperidine rings is 1. The number of rotatable bonds is 4. The van der Waals surface area contributed by atoms with E-state index in [9.17, 15) is 31.1 Å². The summed E-state index contributed by atoms with van der Waals surface area (Å²) in [6.45, 7) is 7.55. The molecule has 0 radical (unpaired) electrons. The van der Waals surface area contributed by atoms with Crippen LogP contribution in [0.5, 0.6) is 0 Å². The number of hydrogen-bond acceptors (Lipinski definition) is 6. The first-order valence-corrected chi connectivity index (χ1v) is 11.0. The van der Waals surface area contributed by atoms with Gasteiger partial charge < -0.3 is 5.21 Å². The summed E-state index contributed by atoms with van der Waals surface area (Å²) in [7, 11) is -9.25. The van der Waals surface area contributed by atoms with Crippen LogP contribution in [0.4, 0.5) is 0 Å². The minimum atomic E-state index is -4.63. The van der Waals surface area contributed by atoms with Crippen molar-refractivity contribution < 1.29 is 31.1 Å². The SMILES string of the molecule is CC1(C)CC(Cc2cc(S(=O)(=O)O)cc(S(=O)(=O)O)c2)CC(C)(C)N1O. The van der Waals surface area contributed by atoms with Crippen molar-refractivity contribution >= 4 is 20.2 Å². The number of hydrogen-bond donors (Lipinski definition) is 3. The predicted octanol–water partition coefficient (Wildman–Crippen LogP) is 2.38. The molecular formula is C16H25NO7S2. The van der Waals surface area contributed by atoms with Gasteiger partial charge in [0.1, 0.15) is 0 Å². The zero-order chi connectivity index (χ0) is 20.1. The molecule has 148 valence electrons. The van der Waals surface area contributed by atoms with Crippen LogP contribution in [-0.2, 0) is 26.7 Å². The van der Waals surface area contributed by atoms with Crippen molar-refractivity contribution in [1.82, 2.24) is 5.06 Å². The number of hydroxylamine groups is 2. The molecule has 0 bridgehead atoms. The fourth-order valence-corrected chi connectivity index (χ4v) is 5.23. The molecule has 1 aliphatic heterocycles.